The molecule has 0 fully saturated rings. The predicted octanol–water partition coefficient (Wildman–Crippen LogP) is 3.53. The number of benzene rings is 2. The molecule has 0 bridgehead atoms. The van der Waals surface area contributed by atoms with Gasteiger partial charge in [-0.15, -0.1) is 0 Å². The molecule has 0 saturated heterocycles. The SMILES string of the molecule is CCOC(=O)C1=C(CN(C)CCOc2ccccc2OC)NC(=O)NC1c1ccc(Cl)cc1. The molecule has 2 N–H and O–H groups in total. The van der Waals surface area contributed by atoms with Crippen LogP contribution in [0.3, 0.4) is 0 Å². The van der Waals surface area contributed by atoms with Gasteiger partial charge in [0.1, 0.15) is 6.61 Å². The van der Waals surface area contributed by atoms with Gasteiger partial charge < -0.3 is 24.8 Å². The van der Waals surface area contributed by atoms with Crippen LogP contribution in [-0.4, -0.2) is 57.4 Å². The Morgan fingerprint density at radius 1 is 1.12 bits per heavy atom. The zero-order valence-corrected chi connectivity index (χ0v) is 19.6. The Labute approximate surface area is 198 Å². The molecule has 33 heavy (non-hydrogen) atoms. The van der Waals surface area contributed by atoms with Gasteiger partial charge in [0.25, 0.3) is 0 Å². The lowest BCUT2D eigenvalue weighted by Gasteiger charge is -2.31. The molecule has 0 radical (unpaired) electrons. The van der Waals surface area contributed by atoms with E-state index in [9.17, 15) is 9.59 Å². The number of hydrogen-bond acceptors (Lipinski definition) is 6. The number of halogens is 1. The summed E-state index contributed by atoms with van der Waals surface area (Å²) in [7, 11) is 3.47. The van der Waals surface area contributed by atoms with E-state index in [4.69, 9.17) is 25.8 Å². The van der Waals surface area contributed by atoms with Crippen LogP contribution in [0.15, 0.2) is 59.8 Å². The van der Waals surface area contributed by atoms with E-state index in [1.165, 1.54) is 0 Å². The standard InChI is InChI=1S/C24H28ClN3O5/c1-4-32-23(29)21-18(26-24(30)27-22(21)16-9-11-17(25)12-10-16)15-28(2)13-14-33-20-8-6-5-7-19(20)31-3/h5-12,22H,4,13-15H2,1-3H3,(H2,26,27,30). The van der Waals surface area contributed by atoms with Gasteiger partial charge in [0.15, 0.2) is 11.5 Å². The highest BCUT2D eigenvalue weighted by Gasteiger charge is 2.34. The number of nitrogens with zero attached hydrogens (tertiary/aromatic N) is 1. The molecule has 9 heteroatoms. The molecule has 176 valence electrons. The summed E-state index contributed by atoms with van der Waals surface area (Å²) in [5.41, 5.74) is 1.57. The molecular formula is C24H28ClN3O5. The van der Waals surface area contributed by atoms with Gasteiger partial charge in [-0.25, -0.2) is 9.59 Å². The second-order valence-electron chi connectivity index (χ2n) is 7.43. The fourth-order valence-electron chi connectivity index (χ4n) is 3.50. The van der Waals surface area contributed by atoms with Gasteiger partial charge in [-0.05, 0) is 43.8 Å². The molecule has 1 heterocycles. The van der Waals surface area contributed by atoms with Crippen LogP contribution in [0.25, 0.3) is 0 Å². The molecule has 2 amide bonds. The number of nitrogens with one attached hydrogen (secondary N) is 2. The van der Waals surface area contributed by atoms with E-state index in [1.54, 1.807) is 38.3 Å². The highest BCUT2D eigenvalue weighted by atomic mass is 35.5. The summed E-state index contributed by atoms with van der Waals surface area (Å²) in [6.07, 6.45) is 0. The van der Waals surface area contributed by atoms with E-state index >= 15 is 0 Å². The molecule has 2 aromatic carbocycles. The second-order valence-corrected chi connectivity index (χ2v) is 7.87. The van der Waals surface area contributed by atoms with Crippen LogP contribution in [0.2, 0.25) is 5.02 Å². The number of para-hydroxylation sites is 2. The van der Waals surface area contributed by atoms with Gasteiger partial charge in [-0.3, -0.25) is 4.90 Å². The summed E-state index contributed by atoms with van der Waals surface area (Å²) in [5.74, 6) is 0.820. The normalized spacial score (nSPS) is 15.7. The minimum atomic E-state index is -0.650. The molecule has 3 rings (SSSR count). The first-order chi connectivity index (χ1) is 15.9. The summed E-state index contributed by atoms with van der Waals surface area (Å²) in [5, 5.41) is 6.15. The minimum absolute atomic E-state index is 0.222. The number of amides is 2. The number of carbonyl (C=O) groups is 2. The number of methoxy groups -OCH3 is 1. The predicted molar refractivity (Wildman–Crippen MR) is 126 cm³/mol. The van der Waals surface area contributed by atoms with Gasteiger partial charge in [0.05, 0.1) is 25.3 Å². The maximum absolute atomic E-state index is 12.9. The molecule has 8 nitrogen and oxygen atoms in total. The molecule has 1 aliphatic rings. The zero-order chi connectivity index (χ0) is 23.8. The van der Waals surface area contributed by atoms with Crippen LogP contribution in [0.4, 0.5) is 4.79 Å². The molecule has 1 unspecified atom stereocenters. The van der Waals surface area contributed by atoms with Crippen LogP contribution in [-0.2, 0) is 9.53 Å². The number of hydrogen-bond donors (Lipinski definition) is 2. The Bertz CT molecular complexity index is 1010. The smallest absolute Gasteiger partial charge is 0.338 e. The number of likely N-dealkylation sites (N-methyl/N-ethyl adjacent to an activating group) is 1. The topological polar surface area (TPSA) is 89.1 Å². The Kier molecular flexibility index (Phi) is 8.57. The van der Waals surface area contributed by atoms with Crippen molar-refractivity contribution in [1.29, 1.82) is 0 Å². The third kappa shape index (κ3) is 6.40. The van der Waals surface area contributed by atoms with Crippen LogP contribution < -0.4 is 20.1 Å². The molecule has 0 saturated carbocycles. The van der Waals surface area contributed by atoms with Crippen molar-refractivity contribution in [3.05, 3.63) is 70.4 Å². The molecule has 1 aliphatic heterocycles. The van der Waals surface area contributed by atoms with E-state index in [0.29, 0.717) is 47.5 Å². The molecule has 1 atom stereocenters. The molecule has 0 spiro atoms. The first-order valence-electron chi connectivity index (χ1n) is 10.6. The number of rotatable bonds is 10. The lowest BCUT2D eigenvalue weighted by Crippen LogP contribution is -2.48. The Hall–Kier alpha value is -3.23. The highest BCUT2D eigenvalue weighted by molar-refractivity contribution is 6.30. The summed E-state index contributed by atoms with van der Waals surface area (Å²) >= 11 is 6.01. The average molecular weight is 474 g/mol. The Morgan fingerprint density at radius 3 is 2.48 bits per heavy atom. The highest BCUT2D eigenvalue weighted by Crippen LogP contribution is 2.29. The van der Waals surface area contributed by atoms with Crippen molar-refractivity contribution in [3.63, 3.8) is 0 Å². The summed E-state index contributed by atoms with van der Waals surface area (Å²) < 4.78 is 16.4. The maximum atomic E-state index is 12.9. The fraction of sp³-hybridized carbons (Fsp3) is 0.333. The van der Waals surface area contributed by atoms with Crippen molar-refractivity contribution in [3.8, 4) is 11.5 Å². The summed E-state index contributed by atoms with van der Waals surface area (Å²) in [6.45, 7) is 3.23. The van der Waals surface area contributed by atoms with Gasteiger partial charge in [0.2, 0.25) is 0 Å². The van der Waals surface area contributed by atoms with E-state index in [0.717, 1.165) is 5.56 Å². The fourth-order valence-corrected chi connectivity index (χ4v) is 3.62. The monoisotopic (exact) mass is 473 g/mol. The maximum Gasteiger partial charge on any atom is 0.338 e. The van der Waals surface area contributed by atoms with E-state index in [-0.39, 0.29) is 6.61 Å². The molecular weight excluding hydrogens is 446 g/mol. The second kappa shape index (κ2) is 11.6. The van der Waals surface area contributed by atoms with Crippen molar-refractivity contribution >= 4 is 23.6 Å². The Balaban J connectivity index is 1.77. The van der Waals surface area contributed by atoms with Crippen molar-refractivity contribution in [2.24, 2.45) is 0 Å². The van der Waals surface area contributed by atoms with Gasteiger partial charge in [0, 0.05) is 23.8 Å². The average Bonchev–Trinajstić information content (AvgIpc) is 2.79. The Morgan fingerprint density at radius 2 is 1.82 bits per heavy atom. The van der Waals surface area contributed by atoms with E-state index in [2.05, 4.69) is 10.6 Å². The lowest BCUT2D eigenvalue weighted by molar-refractivity contribution is -0.139. The van der Waals surface area contributed by atoms with E-state index < -0.39 is 18.0 Å². The van der Waals surface area contributed by atoms with Crippen molar-refractivity contribution in [1.82, 2.24) is 15.5 Å². The van der Waals surface area contributed by atoms with Crippen molar-refractivity contribution in [2.45, 2.75) is 13.0 Å². The first kappa shape index (κ1) is 24.4. The molecule has 0 aromatic heterocycles. The minimum Gasteiger partial charge on any atom is -0.493 e. The number of carbonyl (C=O) groups excluding carboxylic acids is 2. The first-order valence-corrected chi connectivity index (χ1v) is 11.0. The quantitative estimate of drug-likeness (QED) is 0.513. The van der Waals surface area contributed by atoms with Crippen LogP contribution in [0.5, 0.6) is 11.5 Å². The zero-order valence-electron chi connectivity index (χ0n) is 18.9. The van der Waals surface area contributed by atoms with Crippen LogP contribution >= 0.6 is 11.6 Å². The van der Waals surface area contributed by atoms with Crippen LogP contribution in [0, 0.1) is 0 Å². The third-order valence-electron chi connectivity index (χ3n) is 5.08. The largest absolute Gasteiger partial charge is 0.493 e. The molecule has 0 aliphatic carbocycles. The van der Waals surface area contributed by atoms with E-state index in [1.807, 2.05) is 36.2 Å². The molecule has 2 aromatic rings. The van der Waals surface area contributed by atoms with Crippen molar-refractivity contribution < 1.29 is 23.8 Å². The summed E-state index contributed by atoms with van der Waals surface area (Å²) in [4.78, 5) is 27.2. The van der Waals surface area contributed by atoms with Gasteiger partial charge >= 0.3 is 12.0 Å². The van der Waals surface area contributed by atoms with Gasteiger partial charge in [-0.1, -0.05) is 35.9 Å². The van der Waals surface area contributed by atoms with Crippen molar-refractivity contribution in [2.75, 3.05) is 40.5 Å². The van der Waals surface area contributed by atoms with Crippen LogP contribution in [0.1, 0.15) is 18.5 Å². The summed E-state index contributed by atoms with van der Waals surface area (Å²) in [6, 6.07) is 13.4. The number of urea groups is 1. The lowest BCUT2D eigenvalue weighted by atomic mass is 9.95. The number of esters is 1. The third-order valence-corrected chi connectivity index (χ3v) is 5.33. The number of ether oxygens (including phenoxy) is 3. The van der Waals surface area contributed by atoms with Gasteiger partial charge in [-0.2, -0.15) is 0 Å².